The van der Waals surface area contributed by atoms with Gasteiger partial charge in [0.2, 0.25) is 5.88 Å². The quantitative estimate of drug-likeness (QED) is 0.656. The summed E-state index contributed by atoms with van der Waals surface area (Å²) in [5.41, 5.74) is -0.328. The van der Waals surface area contributed by atoms with E-state index in [1.807, 2.05) is 6.07 Å². The van der Waals surface area contributed by atoms with Gasteiger partial charge >= 0.3 is 17.8 Å². The molecule has 0 spiro atoms. The maximum Gasteiger partial charge on any atom is 0.471 e. The van der Waals surface area contributed by atoms with Crippen molar-refractivity contribution < 1.29 is 23.1 Å². The molecule has 11 heteroatoms. The summed E-state index contributed by atoms with van der Waals surface area (Å²) in [5, 5.41) is 21.0. The standard InChI is InChI=1S/C19H12F3N5O3/c20-19(21,22)17(29)25-8-9-5-13(25)15-16(28)27(18(30)26(9)15)14-7-24-12(6-23)10-3-1-2-4-11(10)14/h1-4,7,9,13,28H,5,8H2/t9-,13-/m0/s1. The number of halogens is 3. The fourth-order valence-electron chi connectivity index (χ4n) is 4.50. The Morgan fingerprint density at radius 3 is 2.63 bits per heavy atom. The van der Waals surface area contributed by atoms with E-state index in [1.54, 1.807) is 24.3 Å². The summed E-state index contributed by atoms with van der Waals surface area (Å²) < 4.78 is 41.0. The van der Waals surface area contributed by atoms with Gasteiger partial charge in [0.05, 0.1) is 24.0 Å². The van der Waals surface area contributed by atoms with Crippen LogP contribution in [0.2, 0.25) is 0 Å². The molecule has 1 saturated heterocycles. The van der Waals surface area contributed by atoms with Crippen LogP contribution in [-0.2, 0) is 4.79 Å². The molecule has 5 rings (SSSR count). The molecule has 0 aliphatic carbocycles. The smallest absolute Gasteiger partial charge is 0.471 e. The molecule has 3 aromatic rings. The van der Waals surface area contributed by atoms with Gasteiger partial charge in [0, 0.05) is 17.3 Å². The average Bonchev–Trinajstić information content (AvgIpc) is 3.37. The molecule has 0 saturated carbocycles. The lowest BCUT2D eigenvalue weighted by Crippen LogP contribution is -2.44. The summed E-state index contributed by atoms with van der Waals surface area (Å²) >= 11 is 0. The van der Waals surface area contributed by atoms with Crippen molar-refractivity contribution in [2.75, 3.05) is 6.54 Å². The summed E-state index contributed by atoms with van der Waals surface area (Å²) in [6.45, 7) is -0.258. The molecule has 152 valence electrons. The highest BCUT2D eigenvalue weighted by Gasteiger charge is 2.54. The number of nitriles is 1. The molecule has 2 bridgehead atoms. The zero-order chi connectivity index (χ0) is 21.4. The Hall–Kier alpha value is -3.81. The van der Waals surface area contributed by atoms with Crippen molar-refractivity contribution in [3.05, 3.63) is 52.3 Å². The zero-order valence-corrected chi connectivity index (χ0v) is 15.1. The van der Waals surface area contributed by atoms with Crippen molar-refractivity contribution >= 4 is 16.7 Å². The number of alkyl halides is 3. The first kappa shape index (κ1) is 18.2. The minimum atomic E-state index is -5.04. The number of nitrogens with zero attached hydrogens (tertiary/aromatic N) is 5. The first-order valence-corrected chi connectivity index (χ1v) is 8.96. The number of amides is 1. The Morgan fingerprint density at radius 1 is 1.27 bits per heavy atom. The van der Waals surface area contributed by atoms with Crippen molar-refractivity contribution in [2.45, 2.75) is 24.7 Å². The van der Waals surface area contributed by atoms with E-state index in [-0.39, 0.29) is 30.0 Å². The van der Waals surface area contributed by atoms with Crippen LogP contribution in [0.15, 0.2) is 35.3 Å². The number of aromatic nitrogens is 3. The van der Waals surface area contributed by atoms with Crippen LogP contribution in [0.1, 0.15) is 29.9 Å². The summed E-state index contributed by atoms with van der Waals surface area (Å²) in [6, 6.07) is 6.92. The van der Waals surface area contributed by atoms with E-state index in [1.165, 1.54) is 10.8 Å². The third kappa shape index (κ3) is 2.24. The summed E-state index contributed by atoms with van der Waals surface area (Å²) in [5.74, 6) is -2.53. The van der Waals surface area contributed by atoms with Crippen LogP contribution in [0.25, 0.3) is 16.5 Å². The third-order valence-corrected chi connectivity index (χ3v) is 5.68. The molecule has 1 fully saturated rings. The van der Waals surface area contributed by atoms with E-state index in [2.05, 4.69) is 4.98 Å². The molecule has 1 N–H and O–H groups in total. The van der Waals surface area contributed by atoms with Crippen molar-refractivity contribution in [1.29, 1.82) is 5.26 Å². The first-order valence-electron chi connectivity index (χ1n) is 8.96. The molecule has 2 aromatic heterocycles. The van der Waals surface area contributed by atoms with Crippen LogP contribution in [0.3, 0.4) is 0 Å². The van der Waals surface area contributed by atoms with Gasteiger partial charge in [-0.15, -0.1) is 0 Å². The van der Waals surface area contributed by atoms with Gasteiger partial charge in [0.25, 0.3) is 0 Å². The van der Waals surface area contributed by atoms with Gasteiger partial charge in [-0.2, -0.15) is 18.4 Å². The predicted octanol–water partition coefficient (Wildman–Crippen LogP) is 2.15. The Kier molecular flexibility index (Phi) is 3.56. The monoisotopic (exact) mass is 415 g/mol. The molecule has 2 aliphatic rings. The number of rotatable bonds is 1. The van der Waals surface area contributed by atoms with Crippen molar-refractivity contribution in [3.63, 3.8) is 0 Å². The topological polar surface area (TPSA) is 104 Å². The highest BCUT2D eigenvalue weighted by atomic mass is 19.4. The molecule has 2 atom stereocenters. The second kappa shape index (κ2) is 5.85. The van der Waals surface area contributed by atoms with E-state index in [4.69, 9.17) is 0 Å². The van der Waals surface area contributed by atoms with Gasteiger partial charge in [0.1, 0.15) is 17.5 Å². The Morgan fingerprint density at radius 2 is 1.97 bits per heavy atom. The number of aromatic hydroxyl groups is 1. The number of fused-ring (bicyclic) bond motifs is 6. The fraction of sp³-hybridized carbons (Fsp3) is 0.263. The highest BCUT2D eigenvalue weighted by Crippen LogP contribution is 2.49. The SMILES string of the molecule is N#Cc1ncc(-n2c(O)c3n(c2=O)[C@H]2C[C@@H]3N(C(=O)C(F)(F)F)C2)c2ccccc12. The van der Waals surface area contributed by atoms with Crippen molar-refractivity contribution in [2.24, 2.45) is 0 Å². The minimum Gasteiger partial charge on any atom is -0.493 e. The minimum absolute atomic E-state index is 0.0257. The van der Waals surface area contributed by atoms with Crippen LogP contribution in [-0.4, -0.2) is 42.8 Å². The van der Waals surface area contributed by atoms with Gasteiger partial charge < -0.3 is 10.0 Å². The molecular weight excluding hydrogens is 403 g/mol. The number of benzene rings is 1. The van der Waals surface area contributed by atoms with Crippen LogP contribution in [0, 0.1) is 11.3 Å². The molecule has 2 aliphatic heterocycles. The second-order valence-corrected chi connectivity index (χ2v) is 7.21. The number of likely N-dealkylation sites (tertiary alicyclic amines) is 1. The average molecular weight is 415 g/mol. The first-order chi connectivity index (χ1) is 14.2. The molecule has 0 radical (unpaired) electrons. The highest BCUT2D eigenvalue weighted by molar-refractivity contribution is 5.93. The number of hydrogen-bond donors (Lipinski definition) is 1. The third-order valence-electron chi connectivity index (χ3n) is 5.68. The molecular formula is C19H12F3N5O3. The Balaban J connectivity index is 1.70. The van der Waals surface area contributed by atoms with E-state index in [9.17, 15) is 33.1 Å². The zero-order valence-electron chi connectivity index (χ0n) is 15.1. The van der Waals surface area contributed by atoms with E-state index in [0.29, 0.717) is 15.7 Å². The van der Waals surface area contributed by atoms with Gasteiger partial charge in [-0.05, 0) is 6.42 Å². The Bertz CT molecular complexity index is 1330. The van der Waals surface area contributed by atoms with Gasteiger partial charge in [-0.1, -0.05) is 24.3 Å². The van der Waals surface area contributed by atoms with Gasteiger partial charge in [0.15, 0.2) is 0 Å². The molecule has 1 aromatic carbocycles. The molecule has 1 amide bonds. The van der Waals surface area contributed by atoms with Crippen LogP contribution < -0.4 is 5.69 Å². The lowest BCUT2D eigenvalue weighted by atomic mass is 10.1. The lowest BCUT2D eigenvalue weighted by molar-refractivity contribution is -0.187. The lowest BCUT2D eigenvalue weighted by Gasteiger charge is -2.28. The van der Waals surface area contributed by atoms with Gasteiger partial charge in [-0.3, -0.25) is 9.36 Å². The summed E-state index contributed by atoms with van der Waals surface area (Å²) in [6.07, 6.45) is -3.65. The fourth-order valence-corrected chi connectivity index (χ4v) is 4.50. The van der Waals surface area contributed by atoms with Crippen molar-refractivity contribution in [3.8, 4) is 17.6 Å². The number of imidazole rings is 1. The molecule has 4 heterocycles. The van der Waals surface area contributed by atoms with Crippen LogP contribution in [0.5, 0.6) is 5.88 Å². The summed E-state index contributed by atoms with van der Waals surface area (Å²) in [4.78, 5) is 29.6. The largest absolute Gasteiger partial charge is 0.493 e. The number of carbonyl (C=O) groups is 1. The molecule has 8 nitrogen and oxygen atoms in total. The normalized spacial score (nSPS) is 19.9. The number of hydrogen-bond acceptors (Lipinski definition) is 5. The van der Waals surface area contributed by atoms with E-state index >= 15 is 0 Å². The molecule has 0 unspecified atom stereocenters. The maximum atomic E-state index is 13.1. The van der Waals surface area contributed by atoms with E-state index in [0.717, 1.165) is 4.57 Å². The van der Waals surface area contributed by atoms with Crippen molar-refractivity contribution in [1.82, 2.24) is 19.0 Å². The number of pyridine rings is 1. The summed E-state index contributed by atoms with van der Waals surface area (Å²) in [7, 11) is 0. The molecule has 30 heavy (non-hydrogen) atoms. The number of carbonyl (C=O) groups excluding carboxylic acids is 1. The second-order valence-electron chi connectivity index (χ2n) is 7.21. The predicted molar refractivity (Wildman–Crippen MR) is 95.9 cm³/mol. The van der Waals surface area contributed by atoms with Crippen LogP contribution in [0.4, 0.5) is 13.2 Å². The van der Waals surface area contributed by atoms with Crippen LogP contribution >= 0.6 is 0 Å². The van der Waals surface area contributed by atoms with E-state index < -0.39 is 35.7 Å². The maximum absolute atomic E-state index is 13.1. The Labute approximate surface area is 166 Å². The van der Waals surface area contributed by atoms with Gasteiger partial charge in [-0.25, -0.2) is 14.3 Å².